The zero-order valence-corrected chi connectivity index (χ0v) is 16.5. The van der Waals surface area contributed by atoms with Crippen LogP contribution >= 0.6 is 11.6 Å². The molecule has 0 N–H and O–H groups in total. The third-order valence-electron chi connectivity index (χ3n) is 5.12. The first-order valence-corrected chi connectivity index (χ1v) is 9.37. The zero-order chi connectivity index (χ0) is 20.5. The Morgan fingerprint density at radius 2 is 1.46 bits per heavy atom. The van der Waals surface area contributed by atoms with E-state index < -0.39 is 17.0 Å². The number of piperazine rings is 1. The lowest BCUT2D eigenvalue weighted by atomic mass is 9.83. The number of hydrogen-bond acceptors (Lipinski definition) is 2. The minimum absolute atomic E-state index is 0.0326. The Morgan fingerprint density at radius 3 is 2.04 bits per heavy atom. The van der Waals surface area contributed by atoms with Gasteiger partial charge >= 0.3 is 0 Å². The van der Waals surface area contributed by atoms with Gasteiger partial charge in [-0.3, -0.25) is 9.59 Å². The van der Waals surface area contributed by atoms with Gasteiger partial charge in [-0.05, 0) is 49.7 Å². The van der Waals surface area contributed by atoms with Gasteiger partial charge in [0.05, 0.1) is 5.41 Å². The van der Waals surface area contributed by atoms with Crippen LogP contribution in [0.3, 0.4) is 0 Å². The molecule has 1 heterocycles. The predicted octanol–water partition coefficient (Wildman–Crippen LogP) is 3.88. The van der Waals surface area contributed by atoms with Crippen molar-refractivity contribution < 1.29 is 18.4 Å². The second-order valence-corrected chi connectivity index (χ2v) is 7.78. The molecule has 1 saturated heterocycles. The highest BCUT2D eigenvalue weighted by Gasteiger charge is 2.35. The van der Waals surface area contributed by atoms with Crippen LogP contribution < -0.4 is 0 Å². The average molecular weight is 407 g/mol. The highest BCUT2D eigenvalue weighted by atomic mass is 35.5. The van der Waals surface area contributed by atoms with E-state index in [4.69, 9.17) is 11.6 Å². The third-order valence-corrected chi connectivity index (χ3v) is 5.37. The molecule has 4 nitrogen and oxygen atoms in total. The zero-order valence-electron chi connectivity index (χ0n) is 15.7. The number of rotatable bonds is 3. The molecule has 0 unspecified atom stereocenters. The molecule has 0 bridgehead atoms. The summed E-state index contributed by atoms with van der Waals surface area (Å²) >= 11 is 5.93. The van der Waals surface area contributed by atoms with Crippen LogP contribution in [-0.4, -0.2) is 47.8 Å². The fourth-order valence-electron chi connectivity index (χ4n) is 3.31. The Bertz CT molecular complexity index is 892. The molecule has 1 aliphatic rings. The lowest BCUT2D eigenvalue weighted by molar-refractivity contribution is -0.137. The fraction of sp³-hybridized carbons (Fsp3) is 0.333. The second-order valence-electron chi connectivity index (χ2n) is 7.35. The molecule has 0 aliphatic carbocycles. The van der Waals surface area contributed by atoms with Gasteiger partial charge in [0.1, 0.15) is 0 Å². The van der Waals surface area contributed by atoms with Crippen molar-refractivity contribution >= 4 is 23.4 Å². The molecule has 0 spiro atoms. The van der Waals surface area contributed by atoms with E-state index in [0.29, 0.717) is 31.2 Å². The minimum atomic E-state index is -1.05. The maximum Gasteiger partial charge on any atom is 0.254 e. The largest absolute Gasteiger partial charge is 0.338 e. The lowest BCUT2D eigenvalue weighted by Gasteiger charge is -2.38. The molecule has 0 saturated carbocycles. The summed E-state index contributed by atoms with van der Waals surface area (Å²) in [4.78, 5) is 28.8. The molecule has 1 aliphatic heterocycles. The van der Waals surface area contributed by atoms with E-state index in [2.05, 4.69) is 0 Å². The van der Waals surface area contributed by atoms with Crippen LogP contribution in [0.15, 0.2) is 42.5 Å². The molecule has 0 aromatic heterocycles. The van der Waals surface area contributed by atoms with Gasteiger partial charge in [0.2, 0.25) is 5.91 Å². The molecule has 0 atom stereocenters. The number of benzene rings is 2. The summed E-state index contributed by atoms with van der Waals surface area (Å²) in [6, 6.07) is 10.3. The first-order chi connectivity index (χ1) is 13.2. The summed E-state index contributed by atoms with van der Waals surface area (Å²) in [5, 5.41) is 0.608. The summed E-state index contributed by atoms with van der Waals surface area (Å²) < 4.78 is 26.5. The third kappa shape index (κ3) is 4.02. The van der Waals surface area contributed by atoms with Crippen molar-refractivity contribution in [2.75, 3.05) is 26.2 Å². The standard InChI is InChI=1S/C21H21ClF2N2O2/c1-21(2,15-4-6-16(22)7-5-15)20(28)26-11-9-25(10-12-26)19(27)14-3-8-17(23)18(24)13-14/h3-8,13H,9-12H2,1-2H3. The summed E-state index contributed by atoms with van der Waals surface area (Å²) in [6.45, 7) is 5.14. The van der Waals surface area contributed by atoms with Gasteiger partial charge in [0.25, 0.3) is 5.91 Å². The molecule has 3 rings (SSSR count). The average Bonchev–Trinajstić information content (AvgIpc) is 2.69. The normalized spacial score (nSPS) is 14.9. The Hall–Kier alpha value is -2.47. The van der Waals surface area contributed by atoms with E-state index in [9.17, 15) is 18.4 Å². The van der Waals surface area contributed by atoms with Gasteiger partial charge in [-0.2, -0.15) is 0 Å². The number of hydrogen-bond donors (Lipinski definition) is 0. The Morgan fingerprint density at radius 1 is 0.893 bits per heavy atom. The quantitative estimate of drug-likeness (QED) is 0.776. The molecular formula is C21H21ClF2N2O2. The van der Waals surface area contributed by atoms with E-state index >= 15 is 0 Å². The first-order valence-electron chi connectivity index (χ1n) is 9.00. The molecule has 7 heteroatoms. The number of carbonyl (C=O) groups is 2. The van der Waals surface area contributed by atoms with Gasteiger partial charge < -0.3 is 9.80 Å². The molecule has 2 aromatic carbocycles. The lowest BCUT2D eigenvalue weighted by Crippen LogP contribution is -2.54. The molecule has 148 valence electrons. The molecular weight excluding hydrogens is 386 g/mol. The first kappa shape index (κ1) is 20.3. The Balaban J connectivity index is 1.65. The van der Waals surface area contributed by atoms with Crippen molar-refractivity contribution in [3.05, 3.63) is 70.2 Å². The van der Waals surface area contributed by atoms with Crippen LogP contribution in [0.2, 0.25) is 5.02 Å². The molecule has 28 heavy (non-hydrogen) atoms. The van der Waals surface area contributed by atoms with E-state index in [-0.39, 0.29) is 17.4 Å². The maximum absolute atomic E-state index is 13.4. The van der Waals surface area contributed by atoms with Gasteiger partial charge in [-0.15, -0.1) is 0 Å². The summed E-state index contributed by atoms with van der Waals surface area (Å²) in [5.41, 5.74) is 0.235. The predicted molar refractivity (Wildman–Crippen MR) is 103 cm³/mol. The van der Waals surface area contributed by atoms with Gasteiger partial charge in [0, 0.05) is 36.8 Å². The van der Waals surface area contributed by atoms with Crippen LogP contribution in [0.25, 0.3) is 0 Å². The summed E-state index contributed by atoms with van der Waals surface area (Å²) in [7, 11) is 0. The number of amides is 2. The van der Waals surface area contributed by atoms with Crippen molar-refractivity contribution in [3.8, 4) is 0 Å². The number of nitrogens with zero attached hydrogens (tertiary/aromatic N) is 2. The van der Waals surface area contributed by atoms with E-state index in [0.717, 1.165) is 17.7 Å². The molecule has 2 amide bonds. The van der Waals surface area contributed by atoms with Gasteiger partial charge in [-0.1, -0.05) is 23.7 Å². The Labute approximate surface area is 167 Å². The topological polar surface area (TPSA) is 40.6 Å². The van der Waals surface area contributed by atoms with Crippen molar-refractivity contribution in [3.63, 3.8) is 0 Å². The summed E-state index contributed by atoms with van der Waals surface area (Å²) in [6.07, 6.45) is 0. The summed E-state index contributed by atoms with van der Waals surface area (Å²) in [5.74, 6) is -2.45. The monoisotopic (exact) mass is 406 g/mol. The smallest absolute Gasteiger partial charge is 0.254 e. The number of carbonyl (C=O) groups excluding carboxylic acids is 2. The van der Waals surface area contributed by atoms with Crippen molar-refractivity contribution in [2.24, 2.45) is 0 Å². The minimum Gasteiger partial charge on any atom is -0.338 e. The van der Waals surface area contributed by atoms with Crippen LogP contribution in [0, 0.1) is 11.6 Å². The van der Waals surface area contributed by atoms with Crippen LogP contribution in [0.4, 0.5) is 8.78 Å². The van der Waals surface area contributed by atoms with E-state index in [1.807, 2.05) is 26.0 Å². The van der Waals surface area contributed by atoms with Gasteiger partial charge in [0.15, 0.2) is 11.6 Å². The number of halogens is 3. The van der Waals surface area contributed by atoms with E-state index in [1.165, 1.54) is 6.07 Å². The SMILES string of the molecule is CC(C)(C(=O)N1CCN(C(=O)c2ccc(F)c(F)c2)CC1)c1ccc(Cl)cc1. The molecule has 0 radical (unpaired) electrons. The highest BCUT2D eigenvalue weighted by molar-refractivity contribution is 6.30. The van der Waals surface area contributed by atoms with Crippen molar-refractivity contribution in [2.45, 2.75) is 19.3 Å². The fourth-order valence-corrected chi connectivity index (χ4v) is 3.44. The highest BCUT2D eigenvalue weighted by Crippen LogP contribution is 2.27. The van der Waals surface area contributed by atoms with Crippen molar-refractivity contribution in [1.82, 2.24) is 9.80 Å². The Kier molecular flexibility index (Phi) is 5.70. The second kappa shape index (κ2) is 7.87. The maximum atomic E-state index is 13.4. The van der Waals surface area contributed by atoms with Crippen LogP contribution in [0.1, 0.15) is 29.8 Å². The molecule has 1 fully saturated rings. The van der Waals surface area contributed by atoms with Crippen LogP contribution in [-0.2, 0) is 10.2 Å². The van der Waals surface area contributed by atoms with Crippen molar-refractivity contribution in [1.29, 1.82) is 0 Å². The van der Waals surface area contributed by atoms with E-state index in [1.54, 1.807) is 21.9 Å². The molecule has 2 aromatic rings. The van der Waals surface area contributed by atoms with Crippen LogP contribution in [0.5, 0.6) is 0 Å². The van der Waals surface area contributed by atoms with Gasteiger partial charge in [-0.25, -0.2) is 8.78 Å².